The minimum Gasteiger partial charge on any atom is -0.462 e. The van der Waals surface area contributed by atoms with E-state index in [2.05, 4.69) is 5.32 Å². The third kappa shape index (κ3) is 3.66. The molecule has 2 rings (SSSR count). The lowest BCUT2D eigenvalue weighted by molar-refractivity contribution is 0.0527. The van der Waals surface area contributed by atoms with Crippen molar-refractivity contribution in [3.8, 4) is 0 Å². The fourth-order valence-electron chi connectivity index (χ4n) is 2.48. The van der Waals surface area contributed by atoms with Crippen LogP contribution in [0.4, 0.5) is 27.0 Å². The topological polar surface area (TPSA) is 55.4 Å². The molecular weight excluding hydrogens is 393 g/mol. The van der Waals surface area contributed by atoms with Gasteiger partial charge in [0.15, 0.2) is 23.3 Å². The van der Waals surface area contributed by atoms with Crippen molar-refractivity contribution in [1.29, 1.82) is 0 Å². The molecule has 10 heteroatoms. The summed E-state index contributed by atoms with van der Waals surface area (Å²) < 4.78 is 72.3. The predicted octanol–water partition coefficient (Wildman–Crippen LogP) is 4.74. The number of hydrogen-bond acceptors (Lipinski definition) is 4. The van der Waals surface area contributed by atoms with Crippen LogP contribution in [0.25, 0.3) is 0 Å². The molecule has 1 aromatic carbocycles. The van der Waals surface area contributed by atoms with Gasteiger partial charge in [-0.1, -0.05) is 6.92 Å². The van der Waals surface area contributed by atoms with E-state index in [-0.39, 0.29) is 17.2 Å². The van der Waals surface area contributed by atoms with Crippen molar-refractivity contribution in [3.05, 3.63) is 50.7 Å². The molecule has 27 heavy (non-hydrogen) atoms. The number of ether oxygens (including phenoxy) is 1. The molecule has 4 nitrogen and oxygen atoms in total. The average Bonchev–Trinajstić information content (AvgIpc) is 2.93. The standard InChI is InChI=1S/C17H14F5NO3S/c1-4-7-6(3)27-16(8(7)17(25)26-5-2)23-15(24)9-10(18)12(20)14(22)13(21)11(9)19/h4-5H2,1-3H3,(H,23,24). The number of thiophene rings is 1. The fraction of sp³-hybridized carbons (Fsp3) is 0.294. The third-order valence-corrected chi connectivity index (χ3v) is 4.77. The molecule has 0 aliphatic rings. The lowest BCUT2D eigenvalue weighted by Crippen LogP contribution is -2.20. The quantitative estimate of drug-likeness (QED) is 0.337. The summed E-state index contributed by atoms with van der Waals surface area (Å²) in [6.45, 7) is 5.01. The van der Waals surface area contributed by atoms with Crippen LogP contribution < -0.4 is 5.32 Å². The molecule has 0 fully saturated rings. The van der Waals surface area contributed by atoms with E-state index in [0.29, 0.717) is 16.9 Å². The molecule has 1 aromatic heterocycles. The van der Waals surface area contributed by atoms with Gasteiger partial charge in [0.1, 0.15) is 10.6 Å². The van der Waals surface area contributed by atoms with Crippen molar-refractivity contribution < 1.29 is 36.3 Å². The lowest BCUT2D eigenvalue weighted by atomic mass is 10.1. The Labute approximate surface area is 154 Å². The molecule has 0 saturated heterocycles. The van der Waals surface area contributed by atoms with Crippen molar-refractivity contribution in [3.63, 3.8) is 0 Å². The van der Waals surface area contributed by atoms with Gasteiger partial charge in [-0.15, -0.1) is 11.3 Å². The fourth-order valence-corrected chi connectivity index (χ4v) is 3.61. The van der Waals surface area contributed by atoms with Crippen LogP contribution in [-0.2, 0) is 11.2 Å². The maximum absolute atomic E-state index is 13.8. The number of benzene rings is 1. The van der Waals surface area contributed by atoms with E-state index in [4.69, 9.17) is 4.74 Å². The van der Waals surface area contributed by atoms with Crippen LogP contribution in [0.3, 0.4) is 0 Å². The normalized spacial score (nSPS) is 10.8. The van der Waals surface area contributed by atoms with Gasteiger partial charge in [-0.3, -0.25) is 4.79 Å². The molecule has 0 unspecified atom stereocenters. The Kier molecular flexibility index (Phi) is 6.19. The van der Waals surface area contributed by atoms with Gasteiger partial charge in [0, 0.05) is 4.88 Å². The molecule has 0 atom stereocenters. The maximum Gasteiger partial charge on any atom is 0.341 e. The second-order valence-corrected chi connectivity index (χ2v) is 6.54. The number of aryl methyl sites for hydroxylation is 1. The van der Waals surface area contributed by atoms with Crippen molar-refractivity contribution >= 4 is 28.2 Å². The maximum atomic E-state index is 13.8. The highest BCUT2D eigenvalue weighted by Crippen LogP contribution is 2.35. The first-order valence-electron chi connectivity index (χ1n) is 7.77. The number of nitrogens with one attached hydrogen (secondary N) is 1. The van der Waals surface area contributed by atoms with E-state index in [9.17, 15) is 31.5 Å². The monoisotopic (exact) mass is 407 g/mol. The molecule has 0 aliphatic heterocycles. The van der Waals surface area contributed by atoms with Crippen LogP contribution in [0, 0.1) is 36.0 Å². The minimum absolute atomic E-state index is 0.0147. The van der Waals surface area contributed by atoms with Crippen molar-refractivity contribution in [2.24, 2.45) is 0 Å². The number of carbonyl (C=O) groups is 2. The average molecular weight is 407 g/mol. The summed E-state index contributed by atoms with van der Waals surface area (Å²) in [4.78, 5) is 25.0. The summed E-state index contributed by atoms with van der Waals surface area (Å²) in [7, 11) is 0. The Morgan fingerprint density at radius 1 is 0.926 bits per heavy atom. The zero-order valence-electron chi connectivity index (χ0n) is 14.4. The first kappa shape index (κ1) is 20.8. The summed E-state index contributed by atoms with van der Waals surface area (Å²) in [5, 5.41) is 1.96. The van der Waals surface area contributed by atoms with Gasteiger partial charge in [0.25, 0.3) is 5.91 Å². The van der Waals surface area contributed by atoms with Crippen LogP contribution in [0.15, 0.2) is 0 Å². The molecule has 146 valence electrons. The highest BCUT2D eigenvalue weighted by atomic mass is 32.1. The number of rotatable bonds is 5. The number of halogens is 5. The zero-order valence-corrected chi connectivity index (χ0v) is 15.3. The Morgan fingerprint density at radius 2 is 1.44 bits per heavy atom. The summed E-state index contributed by atoms with van der Waals surface area (Å²) in [6.07, 6.45) is 0.398. The van der Waals surface area contributed by atoms with Crippen LogP contribution in [-0.4, -0.2) is 18.5 Å². The molecule has 1 N–H and O–H groups in total. The van der Waals surface area contributed by atoms with E-state index in [0.717, 1.165) is 11.3 Å². The van der Waals surface area contributed by atoms with Gasteiger partial charge in [-0.2, -0.15) is 0 Å². The number of esters is 1. The minimum atomic E-state index is -2.37. The molecule has 0 spiro atoms. The molecule has 0 bridgehead atoms. The molecule has 0 aliphatic carbocycles. The number of hydrogen-bond donors (Lipinski definition) is 1. The molecule has 1 amide bonds. The first-order valence-corrected chi connectivity index (χ1v) is 8.59. The molecule has 1 heterocycles. The second kappa shape index (κ2) is 8.03. The van der Waals surface area contributed by atoms with Gasteiger partial charge in [-0.25, -0.2) is 26.7 Å². The molecular formula is C17H14F5NO3S. The zero-order chi connectivity index (χ0) is 20.5. The first-order chi connectivity index (χ1) is 12.6. The molecule has 0 saturated carbocycles. The Balaban J connectivity index is 2.53. The summed E-state index contributed by atoms with van der Waals surface area (Å²) >= 11 is 0.927. The lowest BCUT2D eigenvalue weighted by Gasteiger charge is -2.10. The number of carbonyl (C=O) groups excluding carboxylic acids is 2. The summed E-state index contributed by atoms with van der Waals surface area (Å²) in [6, 6.07) is 0. The molecule has 0 radical (unpaired) electrons. The Morgan fingerprint density at radius 3 is 1.93 bits per heavy atom. The van der Waals surface area contributed by atoms with E-state index < -0.39 is 46.5 Å². The van der Waals surface area contributed by atoms with Crippen LogP contribution in [0.2, 0.25) is 0 Å². The van der Waals surface area contributed by atoms with Crippen LogP contribution >= 0.6 is 11.3 Å². The highest BCUT2D eigenvalue weighted by Gasteiger charge is 2.31. The van der Waals surface area contributed by atoms with Gasteiger partial charge < -0.3 is 10.1 Å². The van der Waals surface area contributed by atoms with E-state index in [1.54, 1.807) is 20.8 Å². The third-order valence-electron chi connectivity index (χ3n) is 3.71. The largest absolute Gasteiger partial charge is 0.462 e. The predicted molar refractivity (Wildman–Crippen MR) is 88.6 cm³/mol. The van der Waals surface area contributed by atoms with E-state index >= 15 is 0 Å². The van der Waals surface area contributed by atoms with E-state index in [1.807, 2.05) is 0 Å². The van der Waals surface area contributed by atoms with Crippen LogP contribution in [0.5, 0.6) is 0 Å². The van der Waals surface area contributed by atoms with Crippen molar-refractivity contribution in [2.75, 3.05) is 11.9 Å². The summed E-state index contributed by atoms with van der Waals surface area (Å²) in [5.74, 6) is -13.7. The number of amides is 1. The highest BCUT2D eigenvalue weighted by molar-refractivity contribution is 7.16. The van der Waals surface area contributed by atoms with Crippen LogP contribution in [0.1, 0.15) is 45.0 Å². The van der Waals surface area contributed by atoms with Gasteiger partial charge in [-0.05, 0) is 25.8 Å². The van der Waals surface area contributed by atoms with Gasteiger partial charge >= 0.3 is 5.97 Å². The van der Waals surface area contributed by atoms with Gasteiger partial charge in [0.2, 0.25) is 5.82 Å². The molecule has 2 aromatic rings. The Hall–Kier alpha value is -2.49. The summed E-state index contributed by atoms with van der Waals surface area (Å²) in [5.41, 5.74) is -1.10. The van der Waals surface area contributed by atoms with Crippen molar-refractivity contribution in [2.45, 2.75) is 27.2 Å². The van der Waals surface area contributed by atoms with E-state index in [1.165, 1.54) is 0 Å². The van der Waals surface area contributed by atoms with Gasteiger partial charge in [0.05, 0.1) is 12.2 Å². The Bertz CT molecular complexity index is 897. The van der Waals surface area contributed by atoms with Crippen molar-refractivity contribution in [1.82, 2.24) is 0 Å². The number of anilines is 1. The smallest absolute Gasteiger partial charge is 0.341 e. The second-order valence-electron chi connectivity index (χ2n) is 5.31. The SMILES string of the molecule is CCOC(=O)c1c(NC(=O)c2c(F)c(F)c(F)c(F)c2F)sc(C)c1CC.